The van der Waals surface area contributed by atoms with E-state index in [2.05, 4.69) is 17.6 Å². The topological polar surface area (TPSA) is 50.4 Å². The molecule has 3 rings (SSSR count). The number of halogens is 1. The molecule has 1 aliphatic heterocycles. The van der Waals surface area contributed by atoms with Crippen LogP contribution < -0.4 is 10.6 Å². The number of ether oxygens (including phenoxy) is 1. The van der Waals surface area contributed by atoms with Crippen molar-refractivity contribution < 1.29 is 13.9 Å². The second kappa shape index (κ2) is 8.32. The van der Waals surface area contributed by atoms with Gasteiger partial charge in [0.25, 0.3) is 0 Å². The van der Waals surface area contributed by atoms with Crippen LogP contribution in [0.3, 0.4) is 0 Å². The first-order valence-electron chi connectivity index (χ1n) is 9.09. The van der Waals surface area contributed by atoms with Crippen molar-refractivity contribution in [3.63, 3.8) is 0 Å². The van der Waals surface area contributed by atoms with Crippen molar-refractivity contribution in [1.29, 1.82) is 0 Å². The van der Waals surface area contributed by atoms with Crippen LogP contribution in [0.1, 0.15) is 42.6 Å². The summed E-state index contributed by atoms with van der Waals surface area (Å²) in [6.45, 7) is 4.73. The number of urea groups is 1. The van der Waals surface area contributed by atoms with Crippen molar-refractivity contribution in [2.24, 2.45) is 0 Å². The number of carbonyl (C=O) groups excluding carboxylic acids is 1. The largest absolute Gasteiger partial charge is 0.373 e. The molecule has 1 saturated heterocycles. The molecule has 0 aromatic heterocycles. The van der Waals surface area contributed by atoms with E-state index in [1.165, 1.54) is 23.3 Å². The van der Waals surface area contributed by atoms with Gasteiger partial charge < -0.3 is 15.4 Å². The molecule has 0 spiro atoms. The molecular weight excluding hydrogens is 331 g/mol. The molecule has 2 atom stereocenters. The molecule has 0 aliphatic carbocycles. The van der Waals surface area contributed by atoms with E-state index in [1.54, 1.807) is 12.1 Å². The van der Waals surface area contributed by atoms with Crippen molar-refractivity contribution in [2.75, 3.05) is 11.9 Å². The number of carbonyl (C=O) groups is 1. The molecule has 138 valence electrons. The molecular formula is C21H25FN2O2. The van der Waals surface area contributed by atoms with Crippen LogP contribution in [0.2, 0.25) is 0 Å². The lowest BCUT2D eigenvalue weighted by Crippen LogP contribution is -2.42. The fourth-order valence-electron chi connectivity index (χ4n) is 3.36. The van der Waals surface area contributed by atoms with E-state index >= 15 is 0 Å². The lowest BCUT2D eigenvalue weighted by Gasteiger charge is -2.30. The quantitative estimate of drug-likeness (QED) is 0.831. The summed E-state index contributed by atoms with van der Waals surface area (Å²) in [6, 6.07) is 12.1. The van der Waals surface area contributed by atoms with Gasteiger partial charge in [0.15, 0.2) is 0 Å². The smallest absolute Gasteiger partial charge is 0.319 e. The van der Waals surface area contributed by atoms with Crippen molar-refractivity contribution >= 4 is 11.7 Å². The first kappa shape index (κ1) is 18.4. The molecule has 2 aromatic carbocycles. The monoisotopic (exact) mass is 356 g/mol. The molecule has 2 unspecified atom stereocenters. The molecule has 0 radical (unpaired) electrons. The van der Waals surface area contributed by atoms with Crippen molar-refractivity contribution in [1.82, 2.24) is 5.32 Å². The van der Waals surface area contributed by atoms with Gasteiger partial charge in [-0.2, -0.15) is 0 Å². The van der Waals surface area contributed by atoms with Crippen LogP contribution in [0.15, 0.2) is 42.5 Å². The van der Waals surface area contributed by atoms with Gasteiger partial charge in [0, 0.05) is 18.3 Å². The average Bonchev–Trinajstić information content (AvgIpc) is 2.62. The minimum Gasteiger partial charge on any atom is -0.373 e. The first-order valence-corrected chi connectivity index (χ1v) is 9.09. The van der Waals surface area contributed by atoms with Gasteiger partial charge in [-0.3, -0.25) is 0 Å². The van der Waals surface area contributed by atoms with Crippen LogP contribution >= 0.6 is 0 Å². The van der Waals surface area contributed by atoms with Gasteiger partial charge in [0.1, 0.15) is 5.82 Å². The number of anilines is 1. The van der Waals surface area contributed by atoms with Gasteiger partial charge in [-0.1, -0.05) is 25.1 Å². The Morgan fingerprint density at radius 3 is 2.69 bits per heavy atom. The highest BCUT2D eigenvalue weighted by Gasteiger charge is 2.25. The molecule has 26 heavy (non-hydrogen) atoms. The van der Waals surface area contributed by atoms with Gasteiger partial charge in [0.05, 0.1) is 6.10 Å². The summed E-state index contributed by atoms with van der Waals surface area (Å²) in [7, 11) is 0. The lowest BCUT2D eigenvalue weighted by molar-refractivity contribution is 0.00250. The van der Waals surface area contributed by atoms with Gasteiger partial charge in [-0.25, -0.2) is 9.18 Å². The zero-order chi connectivity index (χ0) is 18.5. The number of hydrogen-bond donors (Lipinski definition) is 2. The molecule has 2 amide bonds. The number of rotatable bonds is 4. The summed E-state index contributed by atoms with van der Waals surface area (Å²) >= 11 is 0. The van der Waals surface area contributed by atoms with Crippen molar-refractivity contribution in [2.45, 2.75) is 45.3 Å². The number of amides is 2. The summed E-state index contributed by atoms with van der Waals surface area (Å²) in [4.78, 5) is 12.3. The second-order valence-corrected chi connectivity index (χ2v) is 6.73. The van der Waals surface area contributed by atoms with Crippen LogP contribution in [0, 0.1) is 12.7 Å². The fraction of sp³-hybridized carbons (Fsp3) is 0.381. The van der Waals surface area contributed by atoms with E-state index in [4.69, 9.17) is 4.74 Å². The number of nitrogens with one attached hydrogen (secondary N) is 2. The Hall–Kier alpha value is -2.40. The molecule has 1 heterocycles. The molecule has 2 N–H and O–H groups in total. The van der Waals surface area contributed by atoms with Crippen LogP contribution in [0.5, 0.6) is 0 Å². The Kier molecular flexibility index (Phi) is 5.89. The maximum Gasteiger partial charge on any atom is 0.319 e. The van der Waals surface area contributed by atoms with Crippen LogP contribution in [0.25, 0.3) is 0 Å². The Balaban J connectivity index is 1.57. The highest BCUT2D eigenvalue weighted by atomic mass is 19.1. The summed E-state index contributed by atoms with van der Waals surface area (Å²) in [6.07, 6.45) is 2.29. The molecule has 2 aromatic rings. The van der Waals surface area contributed by atoms with Crippen LogP contribution in [-0.4, -0.2) is 18.7 Å². The normalized spacial score (nSPS) is 19.8. The highest BCUT2D eigenvalue weighted by molar-refractivity contribution is 5.89. The minimum atomic E-state index is -0.261. The maximum atomic E-state index is 13.1. The van der Waals surface area contributed by atoms with Crippen molar-refractivity contribution in [3.05, 3.63) is 65.0 Å². The van der Waals surface area contributed by atoms with E-state index in [0.717, 1.165) is 24.1 Å². The third-order valence-corrected chi connectivity index (χ3v) is 4.84. The summed E-state index contributed by atoms with van der Waals surface area (Å²) in [5.74, 6) is -0.261. The summed E-state index contributed by atoms with van der Waals surface area (Å²) < 4.78 is 18.9. The first-order chi connectivity index (χ1) is 12.5. The fourth-order valence-corrected chi connectivity index (χ4v) is 3.36. The van der Waals surface area contributed by atoms with E-state index in [9.17, 15) is 9.18 Å². The number of hydrogen-bond acceptors (Lipinski definition) is 2. The average molecular weight is 356 g/mol. The minimum absolute atomic E-state index is 0.0230. The molecule has 1 fully saturated rings. The molecule has 1 aliphatic rings. The summed E-state index contributed by atoms with van der Waals surface area (Å²) in [5, 5.41) is 5.93. The maximum absolute atomic E-state index is 13.1. The third-order valence-electron chi connectivity index (χ3n) is 4.84. The van der Waals surface area contributed by atoms with Gasteiger partial charge >= 0.3 is 6.03 Å². The molecule has 0 bridgehead atoms. The van der Waals surface area contributed by atoms with Crippen LogP contribution in [0.4, 0.5) is 14.9 Å². The summed E-state index contributed by atoms with van der Waals surface area (Å²) in [5.41, 5.74) is 4.18. The predicted molar refractivity (Wildman–Crippen MR) is 101 cm³/mol. The molecule has 0 saturated carbocycles. The zero-order valence-electron chi connectivity index (χ0n) is 15.2. The number of aryl methyl sites for hydroxylation is 2. The van der Waals surface area contributed by atoms with E-state index in [1.807, 2.05) is 25.1 Å². The van der Waals surface area contributed by atoms with E-state index in [0.29, 0.717) is 13.0 Å². The predicted octanol–water partition coefficient (Wildman–Crippen LogP) is 4.74. The van der Waals surface area contributed by atoms with Crippen molar-refractivity contribution in [3.8, 4) is 0 Å². The SMILES string of the molecule is CCc1ccc(NC(=O)NC2CCOC(c3ccc(F)cc3)C2)cc1C. The second-order valence-electron chi connectivity index (χ2n) is 6.73. The Morgan fingerprint density at radius 1 is 1.23 bits per heavy atom. The lowest BCUT2D eigenvalue weighted by atomic mass is 9.97. The van der Waals surface area contributed by atoms with Gasteiger partial charge in [0.2, 0.25) is 0 Å². The van der Waals surface area contributed by atoms with E-state index < -0.39 is 0 Å². The van der Waals surface area contributed by atoms with Gasteiger partial charge in [-0.05, 0) is 67.1 Å². The molecule has 4 nitrogen and oxygen atoms in total. The van der Waals surface area contributed by atoms with Crippen LogP contribution in [-0.2, 0) is 11.2 Å². The standard InChI is InChI=1S/C21H25FN2O2/c1-3-15-6-9-18(12-14(15)2)23-21(25)24-19-10-11-26-20(13-19)16-4-7-17(22)8-5-16/h4-9,12,19-20H,3,10-11,13H2,1-2H3,(H2,23,24,25). The van der Waals surface area contributed by atoms with E-state index in [-0.39, 0.29) is 24.0 Å². The number of benzene rings is 2. The Labute approximate surface area is 153 Å². The highest BCUT2D eigenvalue weighted by Crippen LogP contribution is 2.28. The Bertz CT molecular complexity index is 761. The zero-order valence-corrected chi connectivity index (χ0v) is 15.2. The third kappa shape index (κ3) is 4.61. The Morgan fingerprint density at radius 2 is 2.00 bits per heavy atom. The van der Waals surface area contributed by atoms with Gasteiger partial charge in [-0.15, -0.1) is 0 Å². The molecule has 5 heteroatoms.